The van der Waals surface area contributed by atoms with Crippen LogP contribution in [0.25, 0.3) is 5.69 Å². The molecule has 2 heterocycles. The molecule has 2 amide bonds. The number of nitrogens with one attached hydrogen (secondary N) is 1. The number of carbonyl (C=O) groups excluding carboxylic acids is 1. The third-order valence-corrected chi connectivity index (χ3v) is 6.90. The van der Waals surface area contributed by atoms with E-state index in [1.165, 1.54) is 11.1 Å². The molecule has 0 saturated heterocycles. The van der Waals surface area contributed by atoms with Crippen LogP contribution in [-0.2, 0) is 6.54 Å². The second-order valence-corrected chi connectivity index (χ2v) is 9.51. The number of rotatable bonds is 3. The molecule has 5 rings (SSSR count). The van der Waals surface area contributed by atoms with Gasteiger partial charge in [-0.2, -0.15) is 0 Å². The summed E-state index contributed by atoms with van der Waals surface area (Å²) in [5.41, 5.74) is 8.91. The lowest BCUT2D eigenvalue weighted by Gasteiger charge is -2.31. The Morgan fingerprint density at radius 2 is 1.68 bits per heavy atom. The molecule has 0 fully saturated rings. The van der Waals surface area contributed by atoms with Gasteiger partial charge in [0.25, 0.3) is 0 Å². The van der Waals surface area contributed by atoms with Gasteiger partial charge in [-0.15, -0.1) is 0 Å². The number of urea groups is 1. The zero-order valence-corrected chi connectivity index (χ0v) is 20.2. The van der Waals surface area contributed by atoms with Crippen molar-refractivity contribution in [1.29, 1.82) is 0 Å². The first-order chi connectivity index (χ1) is 16.4. The summed E-state index contributed by atoms with van der Waals surface area (Å²) in [4.78, 5) is 15.8. The van der Waals surface area contributed by atoms with E-state index in [0.29, 0.717) is 12.5 Å². The molecule has 3 aromatic carbocycles. The Morgan fingerprint density at radius 1 is 0.912 bits per heavy atom. The second kappa shape index (κ2) is 8.86. The van der Waals surface area contributed by atoms with Gasteiger partial charge in [-0.3, -0.25) is 0 Å². The van der Waals surface area contributed by atoms with E-state index < -0.39 is 0 Å². The van der Waals surface area contributed by atoms with Gasteiger partial charge >= 0.3 is 6.03 Å². The van der Waals surface area contributed by atoms with Crippen LogP contribution in [0.3, 0.4) is 0 Å². The minimum Gasteiger partial charge on any atom is -0.318 e. The van der Waals surface area contributed by atoms with Crippen molar-refractivity contribution < 1.29 is 4.79 Å². The lowest BCUT2D eigenvalue weighted by Crippen LogP contribution is -2.38. The molecule has 0 bridgehead atoms. The molecular formula is C30H31N3O. The molecule has 1 aliphatic rings. The molecule has 4 heteroatoms. The number of amides is 2. The van der Waals surface area contributed by atoms with E-state index in [9.17, 15) is 4.79 Å². The Morgan fingerprint density at radius 3 is 2.41 bits per heavy atom. The van der Waals surface area contributed by atoms with E-state index in [4.69, 9.17) is 0 Å². The van der Waals surface area contributed by atoms with Crippen LogP contribution in [0.2, 0.25) is 0 Å². The lowest BCUT2D eigenvalue weighted by molar-refractivity contribution is 0.194. The Bertz CT molecular complexity index is 1330. The van der Waals surface area contributed by atoms with Crippen molar-refractivity contribution in [3.05, 3.63) is 119 Å². The van der Waals surface area contributed by atoms with Crippen LogP contribution in [0, 0.1) is 13.8 Å². The van der Waals surface area contributed by atoms with Gasteiger partial charge in [0.15, 0.2) is 0 Å². The topological polar surface area (TPSA) is 37.3 Å². The first kappa shape index (κ1) is 22.0. The summed E-state index contributed by atoms with van der Waals surface area (Å²) in [6.07, 6.45) is 2.09. The Labute approximate surface area is 201 Å². The van der Waals surface area contributed by atoms with Crippen LogP contribution in [0.5, 0.6) is 0 Å². The number of aromatic nitrogens is 1. The molecule has 0 unspecified atom stereocenters. The summed E-state index contributed by atoms with van der Waals surface area (Å²) in [6, 6.07) is 27.0. The van der Waals surface area contributed by atoms with Crippen LogP contribution in [0.4, 0.5) is 10.5 Å². The first-order valence-corrected chi connectivity index (χ1v) is 11.9. The number of anilines is 1. The van der Waals surface area contributed by atoms with Crippen LogP contribution in [0.15, 0.2) is 85.1 Å². The van der Waals surface area contributed by atoms with Crippen molar-refractivity contribution in [1.82, 2.24) is 9.47 Å². The van der Waals surface area contributed by atoms with Gasteiger partial charge in [-0.1, -0.05) is 62.4 Å². The number of fused-ring (bicyclic) bond motifs is 3. The van der Waals surface area contributed by atoms with Crippen molar-refractivity contribution in [3.8, 4) is 5.69 Å². The molecule has 4 aromatic rings. The zero-order valence-electron chi connectivity index (χ0n) is 20.2. The first-order valence-electron chi connectivity index (χ1n) is 11.9. The maximum Gasteiger partial charge on any atom is 0.322 e. The molecule has 0 spiro atoms. The summed E-state index contributed by atoms with van der Waals surface area (Å²) in [6.45, 7) is 9.07. The summed E-state index contributed by atoms with van der Waals surface area (Å²) >= 11 is 0. The van der Waals surface area contributed by atoms with Gasteiger partial charge in [-0.05, 0) is 77.9 Å². The molecule has 1 aliphatic heterocycles. The largest absolute Gasteiger partial charge is 0.322 e. The average Bonchev–Trinajstić information content (AvgIpc) is 3.26. The maximum absolute atomic E-state index is 13.8. The van der Waals surface area contributed by atoms with Gasteiger partial charge in [0.2, 0.25) is 0 Å². The van der Waals surface area contributed by atoms with E-state index in [0.717, 1.165) is 33.8 Å². The van der Waals surface area contributed by atoms with E-state index in [-0.39, 0.29) is 12.1 Å². The molecule has 1 aromatic heterocycles. The van der Waals surface area contributed by atoms with Crippen LogP contribution >= 0.6 is 0 Å². The zero-order chi connectivity index (χ0) is 23.8. The predicted molar refractivity (Wildman–Crippen MR) is 139 cm³/mol. The van der Waals surface area contributed by atoms with Crippen molar-refractivity contribution in [2.75, 3.05) is 5.32 Å². The molecular weight excluding hydrogens is 418 g/mol. The third-order valence-electron chi connectivity index (χ3n) is 6.90. The van der Waals surface area contributed by atoms with Gasteiger partial charge < -0.3 is 14.8 Å². The number of para-hydroxylation sites is 1. The summed E-state index contributed by atoms with van der Waals surface area (Å²) in [5, 5.41) is 3.17. The third kappa shape index (κ3) is 4.01. The van der Waals surface area contributed by atoms with Crippen molar-refractivity contribution >= 4 is 11.7 Å². The minimum atomic E-state index is -0.213. The van der Waals surface area contributed by atoms with E-state index in [1.807, 2.05) is 23.1 Å². The second-order valence-electron chi connectivity index (χ2n) is 9.51. The average molecular weight is 450 g/mol. The smallest absolute Gasteiger partial charge is 0.318 e. The van der Waals surface area contributed by atoms with Crippen LogP contribution < -0.4 is 5.32 Å². The molecule has 0 saturated carbocycles. The van der Waals surface area contributed by atoms with Gasteiger partial charge in [0.05, 0.1) is 18.3 Å². The molecule has 1 N–H and O–H groups in total. The van der Waals surface area contributed by atoms with Gasteiger partial charge in [0, 0.05) is 17.6 Å². The Hall–Kier alpha value is -3.79. The molecule has 1 atom stereocenters. The van der Waals surface area contributed by atoms with E-state index in [1.54, 1.807) is 0 Å². The maximum atomic E-state index is 13.8. The number of carbonyl (C=O) groups is 1. The summed E-state index contributed by atoms with van der Waals surface area (Å²) in [5.74, 6) is 0.459. The number of nitrogens with zero attached hydrogens (tertiary/aromatic N) is 2. The van der Waals surface area contributed by atoms with Gasteiger partial charge in [0.1, 0.15) is 0 Å². The summed E-state index contributed by atoms with van der Waals surface area (Å²) in [7, 11) is 0. The quantitative estimate of drug-likeness (QED) is 0.349. The molecule has 34 heavy (non-hydrogen) atoms. The highest BCUT2D eigenvalue weighted by Crippen LogP contribution is 2.37. The Balaban J connectivity index is 1.60. The Kier molecular flexibility index (Phi) is 5.74. The van der Waals surface area contributed by atoms with Crippen molar-refractivity contribution in [2.24, 2.45) is 0 Å². The van der Waals surface area contributed by atoms with E-state index in [2.05, 4.69) is 104 Å². The highest BCUT2D eigenvalue weighted by atomic mass is 16.2. The minimum absolute atomic E-state index is 0.106. The number of hydrogen-bond donors (Lipinski definition) is 1. The number of hydrogen-bond acceptors (Lipinski definition) is 1. The van der Waals surface area contributed by atoms with E-state index >= 15 is 0 Å². The van der Waals surface area contributed by atoms with Crippen molar-refractivity contribution in [2.45, 2.75) is 46.2 Å². The predicted octanol–water partition coefficient (Wildman–Crippen LogP) is 7.35. The fraction of sp³-hybridized carbons (Fsp3) is 0.233. The summed E-state index contributed by atoms with van der Waals surface area (Å²) < 4.78 is 2.22. The fourth-order valence-corrected chi connectivity index (χ4v) is 4.77. The highest BCUT2D eigenvalue weighted by molar-refractivity contribution is 5.90. The lowest BCUT2D eigenvalue weighted by atomic mass is 9.97. The monoisotopic (exact) mass is 449 g/mol. The normalized spacial score (nSPS) is 15.0. The molecule has 0 radical (unpaired) electrons. The molecule has 0 aliphatic carbocycles. The van der Waals surface area contributed by atoms with Crippen molar-refractivity contribution in [3.63, 3.8) is 0 Å². The molecule has 172 valence electrons. The SMILES string of the molecule is Cc1ccc(NC(=O)N2Cc3ccccc3-n3cccc3[C@H]2c2ccc(C(C)C)cc2)cc1C. The molecule has 4 nitrogen and oxygen atoms in total. The number of aryl methyl sites for hydroxylation is 2. The highest BCUT2D eigenvalue weighted by Gasteiger charge is 2.33. The van der Waals surface area contributed by atoms with Crippen LogP contribution in [-0.4, -0.2) is 15.5 Å². The van der Waals surface area contributed by atoms with Crippen LogP contribution in [0.1, 0.15) is 59.3 Å². The number of benzene rings is 3. The standard InChI is InChI=1S/C30H31N3O/c1-20(2)23-12-14-24(15-13-23)29-28-10-7-17-32(28)27-9-6-5-8-25(27)19-33(29)30(34)31-26-16-11-21(3)22(4)18-26/h5-18,20,29H,19H2,1-4H3,(H,31,34)/t29-/m1/s1. The van der Waals surface area contributed by atoms with Gasteiger partial charge in [-0.25, -0.2) is 4.79 Å². The fourth-order valence-electron chi connectivity index (χ4n) is 4.77.